The van der Waals surface area contributed by atoms with Crippen molar-refractivity contribution in [1.82, 2.24) is 4.90 Å². The number of nitrogens with zero attached hydrogens (tertiary/aromatic N) is 2. The minimum absolute atomic E-state index is 0.0125. The van der Waals surface area contributed by atoms with Crippen LogP contribution < -0.4 is 29.2 Å². The van der Waals surface area contributed by atoms with Crippen molar-refractivity contribution in [3.05, 3.63) is 107 Å². The number of ether oxygens (including phenoxy) is 4. The molecule has 234 valence electrons. The molecule has 0 bridgehead atoms. The summed E-state index contributed by atoms with van der Waals surface area (Å²) in [6.07, 6.45) is 0. The first kappa shape index (κ1) is 30.1. The van der Waals surface area contributed by atoms with Gasteiger partial charge in [0.05, 0.1) is 31.2 Å². The van der Waals surface area contributed by atoms with E-state index in [9.17, 15) is 23.6 Å². The lowest BCUT2D eigenvalue weighted by molar-refractivity contribution is -0.139. The maximum atomic E-state index is 14.3. The molecule has 0 saturated carbocycles. The summed E-state index contributed by atoms with van der Waals surface area (Å²) in [4.78, 5) is 56.7. The third-order valence-electron chi connectivity index (χ3n) is 7.70. The van der Waals surface area contributed by atoms with E-state index >= 15 is 0 Å². The summed E-state index contributed by atoms with van der Waals surface area (Å²) < 4.78 is 35.6. The van der Waals surface area contributed by atoms with E-state index in [-0.39, 0.29) is 18.9 Å². The molecule has 0 spiro atoms. The lowest BCUT2D eigenvalue weighted by atomic mass is 10.0. The van der Waals surface area contributed by atoms with Gasteiger partial charge in [-0.3, -0.25) is 24.1 Å². The second kappa shape index (κ2) is 12.6. The van der Waals surface area contributed by atoms with Crippen molar-refractivity contribution >= 4 is 34.9 Å². The van der Waals surface area contributed by atoms with Gasteiger partial charge in [0, 0.05) is 12.6 Å². The van der Waals surface area contributed by atoms with Gasteiger partial charge in [0.15, 0.2) is 11.5 Å². The number of halogens is 1. The molecule has 0 saturated heterocycles. The number of methoxy groups -OCH3 is 2. The Hall–Kier alpha value is -5.91. The van der Waals surface area contributed by atoms with Gasteiger partial charge in [0.25, 0.3) is 17.6 Å². The van der Waals surface area contributed by atoms with Crippen molar-refractivity contribution in [1.29, 1.82) is 0 Å². The van der Waals surface area contributed by atoms with Crippen molar-refractivity contribution in [2.45, 2.75) is 12.6 Å². The highest BCUT2D eigenvalue weighted by molar-refractivity contribution is 6.52. The zero-order valence-electron chi connectivity index (χ0n) is 24.8. The molecule has 0 aliphatic carbocycles. The number of carbonyl (C=O) groups excluding carboxylic acids is 4. The highest BCUT2D eigenvalue weighted by Gasteiger charge is 2.40. The highest BCUT2D eigenvalue weighted by atomic mass is 19.1. The van der Waals surface area contributed by atoms with E-state index in [1.807, 2.05) is 0 Å². The molecule has 2 heterocycles. The van der Waals surface area contributed by atoms with Crippen LogP contribution >= 0.6 is 0 Å². The lowest BCUT2D eigenvalue weighted by Gasteiger charge is -2.33. The van der Waals surface area contributed by atoms with Gasteiger partial charge in [0.2, 0.25) is 12.7 Å². The van der Waals surface area contributed by atoms with Crippen LogP contribution in [-0.2, 0) is 20.9 Å². The number of Topliss-reactive ketones (excluding diaryl/α,β-unsaturated/α-hetero) is 1. The number of nitrogens with one attached hydrogen (secondary N) is 1. The predicted octanol–water partition coefficient (Wildman–Crippen LogP) is 4.51. The maximum Gasteiger partial charge on any atom is 0.299 e. The molecule has 46 heavy (non-hydrogen) atoms. The first-order chi connectivity index (χ1) is 22.3. The molecule has 0 aromatic heterocycles. The summed E-state index contributed by atoms with van der Waals surface area (Å²) in [7, 11) is 2.94. The van der Waals surface area contributed by atoms with Gasteiger partial charge in [-0.1, -0.05) is 30.3 Å². The van der Waals surface area contributed by atoms with E-state index in [0.717, 1.165) is 4.90 Å². The number of anilines is 2. The Bertz CT molecular complexity index is 1840. The number of amides is 3. The fourth-order valence-electron chi connectivity index (χ4n) is 5.40. The standard InChI is InChI=1S/C34H28FN3O8/c1-43-23-12-13-25(28(16-23)44-2)36-33(41)31(21-9-14-27-29(15-21)46-19-45-27)38(17-20-7-10-22(35)11-8-20)30(39)18-37-26-6-4-3-5-24(26)32(40)34(37)42/h3-16,31H,17-19H2,1-2H3,(H,36,41). The average molecular weight is 626 g/mol. The third-order valence-corrected chi connectivity index (χ3v) is 7.70. The number of benzene rings is 4. The summed E-state index contributed by atoms with van der Waals surface area (Å²) in [6, 6.07) is 20.3. The minimum atomic E-state index is -1.30. The summed E-state index contributed by atoms with van der Waals surface area (Å²) in [6.45, 7) is -0.701. The van der Waals surface area contributed by atoms with E-state index in [0.29, 0.717) is 45.5 Å². The molecule has 11 nitrogen and oxygen atoms in total. The summed E-state index contributed by atoms with van der Waals surface area (Å²) >= 11 is 0. The number of ketones is 1. The smallest absolute Gasteiger partial charge is 0.299 e. The zero-order valence-corrected chi connectivity index (χ0v) is 24.8. The van der Waals surface area contributed by atoms with E-state index in [4.69, 9.17) is 18.9 Å². The van der Waals surface area contributed by atoms with Crippen LogP contribution in [-0.4, -0.2) is 56.0 Å². The first-order valence-corrected chi connectivity index (χ1v) is 14.2. The number of para-hydroxylation sites is 1. The first-order valence-electron chi connectivity index (χ1n) is 14.2. The molecule has 1 N–H and O–H groups in total. The third kappa shape index (κ3) is 5.80. The normalized spacial score (nSPS) is 13.7. The fourth-order valence-corrected chi connectivity index (χ4v) is 5.40. The second-order valence-electron chi connectivity index (χ2n) is 10.5. The summed E-state index contributed by atoms with van der Waals surface area (Å²) in [5.41, 5.74) is 1.66. The Balaban J connectivity index is 1.42. The van der Waals surface area contributed by atoms with Gasteiger partial charge >= 0.3 is 0 Å². The molecule has 4 aromatic carbocycles. The zero-order chi connectivity index (χ0) is 32.4. The van der Waals surface area contributed by atoms with Gasteiger partial charge in [-0.15, -0.1) is 0 Å². The Labute approximate surface area is 263 Å². The lowest BCUT2D eigenvalue weighted by Crippen LogP contribution is -2.46. The Kier molecular flexibility index (Phi) is 8.25. The number of hydrogen-bond donors (Lipinski definition) is 1. The van der Waals surface area contributed by atoms with Crippen LogP contribution in [0.3, 0.4) is 0 Å². The number of carbonyl (C=O) groups is 4. The Morgan fingerprint density at radius 3 is 2.46 bits per heavy atom. The quantitative estimate of drug-likeness (QED) is 0.256. The van der Waals surface area contributed by atoms with Gasteiger partial charge in [-0.2, -0.15) is 0 Å². The molecule has 2 aliphatic heterocycles. The molecule has 6 rings (SSSR count). The van der Waals surface area contributed by atoms with Crippen LogP contribution in [0, 0.1) is 5.82 Å². The van der Waals surface area contributed by atoms with Crippen molar-refractivity contribution in [3.8, 4) is 23.0 Å². The average Bonchev–Trinajstić information content (AvgIpc) is 3.64. The minimum Gasteiger partial charge on any atom is -0.497 e. The van der Waals surface area contributed by atoms with Crippen LogP contribution in [0.4, 0.5) is 15.8 Å². The number of fused-ring (bicyclic) bond motifs is 2. The van der Waals surface area contributed by atoms with E-state index in [2.05, 4.69) is 5.32 Å². The molecule has 0 radical (unpaired) electrons. The van der Waals surface area contributed by atoms with Crippen LogP contribution in [0.1, 0.15) is 27.5 Å². The number of hydrogen-bond acceptors (Lipinski definition) is 8. The Morgan fingerprint density at radius 2 is 1.70 bits per heavy atom. The van der Waals surface area contributed by atoms with Gasteiger partial charge in [-0.25, -0.2) is 4.39 Å². The molecule has 1 unspecified atom stereocenters. The monoisotopic (exact) mass is 625 g/mol. The van der Waals surface area contributed by atoms with Crippen molar-refractivity contribution < 1.29 is 42.5 Å². The van der Waals surface area contributed by atoms with E-state index < -0.39 is 41.9 Å². The van der Waals surface area contributed by atoms with Crippen molar-refractivity contribution in [2.75, 3.05) is 37.8 Å². The largest absolute Gasteiger partial charge is 0.497 e. The van der Waals surface area contributed by atoms with E-state index in [1.165, 1.54) is 49.5 Å². The fraction of sp³-hybridized carbons (Fsp3) is 0.176. The van der Waals surface area contributed by atoms with Crippen LogP contribution in [0.25, 0.3) is 0 Å². The second-order valence-corrected chi connectivity index (χ2v) is 10.5. The summed E-state index contributed by atoms with van der Waals surface area (Å²) in [5.74, 6) is -1.69. The predicted molar refractivity (Wildman–Crippen MR) is 164 cm³/mol. The van der Waals surface area contributed by atoms with Crippen molar-refractivity contribution in [3.63, 3.8) is 0 Å². The van der Waals surface area contributed by atoms with Crippen LogP contribution in [0.5, 0.6) is 23.0 Å². The van der Waals surface area contributed by atoms with Gasteiger partial charge in [-0.05, 0) is 59.7 Å². The van der Waals surface area contributed by atoms with Gasteiger partial charge in [0.1, 0.15) is 29.9 Å². The molecule has 1 atom stereocenters. The number of rotatable bonds is 10. The summed E-state index contributed by atoms with van der Waals surface area (Å²) in [5, 5.41) is 2.85. The molecular weight excluding hydrogens is 597 g/mol. The van der Waals surface area contributed by atoms with Crippen molar-refractivity contribution in [2.24, 2.45) is 0 Å². The maximum absolute atomic E-state index is 14.3. The highest BCUT2D eigenvalue weighted by Crippen LogP contribution is 2.38. The molecular formula is C34H28FN3O8. The van der Waals surface area contributed by atoms with E-state index in [1.54, 1.807) is 54.6 Å². The molecule has 0 fully saturated rings. The topological polar surface area (TPSA) is 124 Å². The Morgan fingerprint density at radius 1 is 0.935 bits per heavy atom. The molecule has 3 amide bonds. The SMILES string of the molecule is COc1ccc(NC(=O)C(c2ccc3c(c2)OCO3)N(Cc2ccc(F)cc2)C(=O)CN2C(=O)C(=O)c3ccccc32)c(OC)c1. The van der Waals surface area contributed by atoms with Gasteiger partial charge < -0.3 is 29.2 Å². The molecule has 12 heteroatoms. The van der Waals surface area contributed by atoms with Crippen LogP contribution in [0.15, 0.2) is 84.9 Å². The molecule has 4 aromatic rings. The molecule has 2 aliphatic rings. The van der Waals surface area contributed by atoms with Crippen LogP contribution in [0.2, 0.25) is 0 Å².